The van der Waals surface area contributed by atoms with Crippen LogP contribution in [0.3, 0.4) is 0 Å². The van der Waals surface area contributed by atoms with E-state index in [1.165, 1.54) is 19.1 Å². The van der Waals surface area contributed by atoms with Gasteiger partial charge in [-0.05, 0) is 50.6 Å². The van der Waals surface area contributed by atoms with Crippen LogP contribution in [-0.4, -0.2) is 41.7 Å². The molecule has 1 aromatic heterocycles. The molecular formula is C18H22N2O4S. The molecule has 0 spiro atoms. The first-order valence-electron chi connectivity index (χ1n) is 7.87. The summed E-state index contributed by atoms with van der Waals surface area (Å²) in [6.07, 6.45) is 0.499. The molecule has 1 heterocycles. The summed E-state index contributed by atoms with van der Waals surface area (Å²) in [6.45, 7) is 4.46. The number of aryl methyl sites for hydroxylation is 2. The van der Waals surface area contributed by atoms with Crippen molar-refractivity contribution in [3.05, 3.63) is 59.4 Å². The maximum atomic E-state index is 12.9. The molecule has 0 aliphatic carbocycles. The van der Waals surface area contributed by atoms with Crippen LogP contribution in [0.4, 0.5) is 0 Å². The van der Waals surface area contributed by atoms with E-state index in [9.17, 15) is 18.3 Å². The summed E-state index contributed by atoms with van der Waals surface area (Å²) in [7, 11) is -3.89. The van der Waals surface area contributed by atoms with Gasteiger partial charge in [0.25, 0.3) is 0 Å². The zero-order valence-electron chi connectivity index (χ0n) is 14.5. The molecule has 0 radical (unpaired) electrons. The number of Topliss-reactive ketones (excluding diaryl/α,β-unsaturated/α-hetero) is 1. The molecule has 0 saturated heterocycles. The number of ketones is 1. The van der Waals surface area contributed by atoms with Gasteiger partial charge in [0.05, 0.1) is 17.5 Å². The van der Waals surface area contributed by atoms with Crippen LogP contribution in [0.2, 0.25) is 0 Å². The number of hydrogen-bond donors (Lipinski definition) is 1. The Kier molecular flexibility index (Phi) is 6.05. The predicted molar refractivity (Wildman–Crippen MR) is 94.6 cm³/mol. The lowest BCUT2D eigenvalue weighted by atomic mass is 10.1. The van der Waals surface area contributed by atoms with Crippen LogP contribution in [-0.2, 0) is 14.8 Å². The summed E-state index contributed by atoms with van der Waals surface area (Å²) in [6, 6.07) is 9.71. The number of nitrogens with zero attached hydrogens (tertiary/aromatic N) is 2. The molecular weight excluding hydrogens is 340 g/mol. The van der Waals surface area contributed by atoms with E-state index >= 15 is 0 Å². The normalized spacial score (nSPS) is 13.0. The van der Waals surface area contributed by atoms with Crippen molar-refractivity contribution < 1.29 is 18.3 Å². The van der Waals surface area contributed by atoms with Gasteiger partial charge in [-0.15, -0.1) is 0 Å². The third-order valence-electron chi connectivity index (χ3n) is 3.74. The summed E-state index contributed by atoms with van der Waals surface area (Å²) in [5, 5.41) is 10.4. The Morgan fingerprint density at radius 2 is 1.84 bits per heavy atom. The highest BCUT2D eigenvalue weighted by atomic mass is 32.2. The molecule has 1 atom stereocenters. The van der Waals surface area contributed by atoms with Gasteiger partial charge >= 0.3 is 0 Å². The van der Waals surface area contributed by atoms with E-state index in [2.05, 4.69) is 4.98 Å². The van der Waals surface area contributed by atoms with Gasteiger partial charge in [-0.25, -0.2) is 8.42 Å². The van der Waals surface area contributed by atoms with Crippen LogP contribution < -0.4 is 0 Å². The Hall–Kier alpha value is -2.09. The Morgan fingerprint density at radius 3 is 2.40 bits per heavy atom. The highest BCUT2D eigenvalue weighted by Gasteiger charge is 2.28. The fourth-order valence-electron chi connectivity index (χ4n) is 2.43. The van der Waals surface area contributed by atoms with Crippen molar-refractivity contribution in [3.8, 4) is 0 Å². The number of carbonyl (C=O) groups excluding carboxylic acids is 1. The van der Waals surface area contributed by atoms with E-state index in [-0.39, 0.29) is 23.8 Å². The monoisotopic (exact) mass is 362 g/mol. The summed E-state index contributed by atoms with van der Waals surface area (Å²) in [4.78, 5) is 15.7. The standard InChI is InChI=1S/C18H22N2O4S/c1-13-4-6-17(7-5-13)25(23,24)20(11-15(3)21)12-18(22)16-8-9-19-14(2)10-16/h4-10,18,22H,11-12H2,1-3H3. The molecule has 0 saturated carbocycles. The van der Waals surface area contributed by atoms with Crippen molar-refractivity contribution in [3.63, 3.8) is 0 Å². The van der Waals surface area contributed by atoms with Crippen LogP contribution in [0.15, 0.2) is 47.5 Å². The number of carbonyl (C=O) groups is 1. The Balaban J connectivity index is 2.32. The van der Waals surface area contributed by atoms with Gasteiger partial charge in [0.2, 0.25) is 10.0 Å². The number of rotatable bonds is 7. The van der Waals surface area contributed by atoms with E-state index in [1.807, 2.05) is 6.92 Å². The third kappa shape index (κ3) is 4.94. The molecule has 2 aromatic rings. The van der Waals surface area contributed by atoms with Gasteiger partial charge in [-0.2, -0.15) is 4.31 Å². The average Bonchev–Trinajstić information content (AvgIpc) is 2.54. The molecule has 134 valence electrons. The van der Waals surface area contributed by atoms with Crippen molar-refractivity contribution in [2.75, 3.05) is 13.1 Å². The number of aliphatic hydroxyl groups excluding tert-OH is 1. The second-order valence-corrected chi connectivity index (χ2v) is 8.00. The zero-order valence-corrected chi connectivity index (χ0v) is 15.3. The van der Waals surface area contributed by atoms with Crippen LogP contribution >= 0.6 is 0 Å². The lowest BCUT2D eigenvalue weighted by Crippen LogP contribution is -2.38. The van der Waals surface area contributed by atoms with Crippen LogP contribution in [0, 0.1) is 13.8 Å². The fourth-order valence-corrected chi connectivity index (χ4v) is 3.90. The van der Waals surface area contributed by atoms with Crippen molar-refractivity contribution in [1.82, 2.24) is 9.29 Å². The topological polar surface area (TPSA) is 87.6 Å². The second-order valence-electron chi connectivity index (χ2n) is 6.06. The minimum Gasteiger partial charge on any atom is -0.387 e. The molecule has 2 rings (SSSR count). The summed E-state index contributed by atoms with van der Waals surface area (Å²) in [5.74, 6) is -0.297. The highest BCUT2D eigenvalue weighted by molar-refractivity contribution is 7.89. The van der Waals surface area contributed by atoms with Crippen molar-refractivity contribution in [1.29, 1.82) is 0 Å². The third-order valence-corrected chi connectivity index (χ3v) is 5.57. The Labute approximate surface area is 148 Å². The predicted octanol–water partition coefficient (Wildman–Crippen LogP) is 2.01. The minimum atomic E-state index is -3.89. The molecule has 1 unspecified atom stereocenters. The van der Waals surface area contributed by atoms with Crippen molar-refractivity contribution in [2.24, 2.45) is 0 Å². The van der Waals surface area contributed by atoms with Gasteiger partial charge < -0.3 is 5.11 Å². The van der Waals surface area contributed by atoms with Gasteiger partial charge in [0.15, 0.2) is 0 Å². The van der Waals surface area contributed by atoms with Gasteiger partial charge in [0, 0.05) is 18.4 Å². The SMILES string of the molecule is CC(=O)CN(CC(O)c1ccnc(C)c1)S(=O)(=O)c1ccc(C)cc1. The Morgan fingerprint density at radius 1 is 1.20 bits per heavy atom. The number of pyridine rings is 1. The molecule has 0 aliphatic heterocycles. The van der Waals surface area contributed by atoms with Crippen molar-refractivity contribution in [2.45, 2.75) is 31.8 Å². The number of aromatic nitrogens is 1. The lowest BCUT2D eigenvalue weighted by Gasteiger charge is -2.24. The first-order valence-corrected chi connectivity index (χ1v) is 9.31. The molecule has 1 N–H and O–H groups in total. The quantitative estimate of drug-likeness (QED) is 0.814. The second kappa shape index (κ2) is 7.86. The highest BCUT2D eigenvalue weighted by Crippen LogP contribution is 2.21. The fraction of sp³-hybridized carbons (Fsp3) is 0.333. The summed E-state index contributed by atoms with van der Waals surface area (Å²) in [5.41, 5.74) is 2.21. The number of aliphatic hydroxyl groups is 1. The largest absolute Gasteiger partial charge is 0.387 e. The zero-order chi connectivity index (χ0) is 18.6. The first-order chi connectivity index (χ1) is 11.7. The van der Waals surface area contributed by atoms with Crippen LogP contribution in [0.25, 0.3) is 0 Å². The summed E-state index contributed by atoms with van der Waals surface area (Å²) >= 11 is 0. The van der Waals surface area contributed by atoms with E-state index in [1.54, 1.807) is 37.4 Å². The number of sulfonamides is 1. The molecule has 0 fully saturated rings. The maximum absolute atomic E-state index is 12.9. The van der Waals surface area contributed by atoms with E-state index in [4.69, 9.17) is 0 Å². The van der Waals surface area contributed by atoms with E-state index in [0.717, 1.165) is 15.6 Å². The first kappa shape index (κ1) is 19.2. The molecule has 6 nitrogen and oxygen atoms in total. The van der Waals surface area contributed by atoms with Gasteiger partial charge in [0.1, 0.15) is 5.78 Å². The summed E-state index contributed by atoms with van der Waals surface area (Å²) < 4.78 is 26.7. The molecule has 1 aromatic carbocycles. The number of hydrogen-bond acceptors (Lipinski definition) is 5. The smallest absolute Gasteiger partial charge is 0.243 e. The van der Waals surface area contributed by atoms with E-state index in [0.29, 0.717) is 5.56 Å². The molecule has 25 heavy (non-hydrogen) atoms. The lowest BCUT2D eigenvalue weighted by molar-refractivity contribution is -0.117. The van der Waals surface area contributed by atoms with Crippen LogP contribution in [0.5, 0.6) is 0 Å². The van der Waals surface area contributed by atoms with Gasteiger partial charge in [-0.1, -0.05) is 17.7 Å². The molecule has 0 bridgehead atoms. The minimum absolute atomic E-state index is 0.0949. The molecule has 0 amide bonds. The van der Waals surface area contributed by atoms with E-state index < -0.39 is 16.1 Å². The average molecular weight is 362 g/mol. The molecule has 7 heteroatoms. The Bertz CT molecular complexity index is 848. The van der Waals surface area contributed by atoms with Crippen LogP contribution in [0.1, 0.15) is 29.8 Å². The molecule has 0 aliphatic rings. The van der Waals surface area contributed by atoms with Crippen molar-refractivity contribution >= 4 is 15.8 Å². The maximum Gasteiger partial charge on any atom is 0.243 e. The number of benzene rings is 1. The van der Waals surface area contributed by atoms with Gasteiger partial charge in [-0.3, -0.25) is 9.78 Å².